The standard InChI is InChI=1S/C10H12O3S/c1-13-9-4-2-8(3-5-9)10(6-7-10)14(11)12/h2-5H,6-7H2,1H3,(H,11,12). The molecule has 1 N–H and O–H groups in total. The highest BCUT2D eigenvalue weighted by atomic mass is 32.2. The van der Waals surface area contributed by atoms with Crippen LogP contribution in [0.5, 0.6) is 5.75 Å². The molecule has 1 aliphatic carbocycles. The first kappa shape index (κ1) is 9.68. The Balaban J connectivity index is 2.29. The Morgan fingerprint density at radius 1 is 1.36 bits per heavy atom. The van der Waals surface area contributed by atoms with Gasteiger partial charge in [0.15, 0.2) is 11.1 Å². The van der Waals surface area contributed by atoms with Gasteiger partial charge in [-0.1, -0.05) is 12.1 Å². The summed E-state index contributed by atoms with van der Waals surface area (Å²) in [5.41, 5.74) is 0.930. The maximum Gasteiger partial charge on any atom is 0.163 e. The van der Waals surface area contributed by atoms with Gasteiger partial charge in [-0.2, -0.15) is 0 Å². The van der Waals surface area contributed by atoms with Crippen LogP contribution in [0.15, 0.2) is 24.3 Å². The van der Waals surface area contributed by atoms with Crippen molar-refractivity contribution in [3.05, 3.63) is 29.8 Å². The van der Waals surface area contributed by atoms with E-state index in [2.05, 4.69) is 0 Å². The highest BCUT2D eigenvalue weighted by Crippen LogP contribution is 2.50. The van der Waals surface area contributed by atoms with Crippen LogP contribution in [0.4, 0.5) is 0 Å². The van der Waals surface area contributed by atoms with Gasteiger partial charge >= 0.3 is 0 Å². The molecule has 1 atom stereocenters. The Morgan fingerprint density at radius 3 is 2.29 bits per heavy atom. The van der Waals surface area contributed by atoms with Crippen molar-refractivity contribution in [2.24, 2.45) is 0 Å². The van der Waals surface area contributed by atoms with Gasteiger partial charge in [-0.05, 0) is 30.5 Å². The van der Waals surface area contributed by atoms with Gasteiger partial charge in [-0.25, -0.2) is 4.21 Å². The molecule has 1 unspecified atom stereocenters. The molecule has 1 fully saturated rings. The Labute approximate surface area is 85.4 Å². The Morgan fingerprint density at radius 2 is 1.93 bits per heavy atom. The highest BCUT2D eigenvalue weighted by Gasteiger charge is 2.50. The fourth-order valence-electron chi connectivity index (χ4n) is 1.57. The van der Waals surface area contributed by atoms with E-state index in [4.69, 9.17) is 9.29 Å². The zero-order valence-electron chi connectivity index (χ0n) is 7.90. The predicted octanol–water partition coefficient (Wildman–Crippen LogP) is 1.91. The summed E-state index contributed by atoms with van der Waals surface area (Å²) in [6.45, 7) is 0. The molecule has 1 aliphatic rings. The molecule has 4 heteroatoms. The molecule has 0 radical (unpaired) electrons. The number of hydrogen-bond donors (Lipinski definition) is 1. The van der Waals surface area contributed by atoms with Crippen molar-refractivity contribution in [3.8, 4) is 5.75 Å². The van der Waals surface area contributed by atoms with Crippen molar-refractivity contribution in [1.29, 1.82) is 0 Å². The summed E-state index contributed by atoms with van der Waals surface area (Å²) >= 11 is -1.77. The number of methoxy groups -OCH3 is 1. The molecule has 0 heterocycles. The van der Waals surface area contributed by atoms with Crippen molar-refractivity contribution >= 4 is 11.1 Å². The van der Waals surface area contributed by atoms with Gasteiger partial charge in [-0.3, -0.25) is 0 Å². The minimum Gasteiger partial charge on any atom is -0.497 e. The van der Waals surface area contributed by atoms with Gasteiger partial charge in [-0.15, -0.1) is 0 Å². The molecule has 1 saturated carbocycles. The SMILES string of the molecule is COc1ccc(C2(S(=O)O)CC2)cc1. The van der Waals surface area contributed by atoms with E-state index in [0.717, 1.165) is 24.2 Å². The van der Waals surface area contributed by atoms with Crippen LogP contribution in [-0.2, 0) is 15.8 Å². The smallest absolute Gasteiger partial charge is 0.163 e. The second-order valence-electron chi connectivity index (χ2n) is 3.47. The van der Waals surface area contributed by atoms with Crippen LogP contribution in [-0.4, -0.2) is 15.9 Å². The molecular formula is C10H12O3S. The maximum atomic E-state index is 11.1. The van der Waals surface area contributed by atoms with Crippen molar-refractivity contribution in [2.45, 2.75) is 17.6 Å². The van der Waals surface area contributed by atoms with E-state index in [0.29, 0.717) is 0 Å². The van der Waals surface area contributed by atoms with Crippen LogP contribution in [0.1, 0.15) is 18.4 Å². The van der Waals surface area contributed by atoms with Gasteiger partial charge < -0.3 is 9.29 Å². The second kappa shape index (κ2) is 3.37. The molecule has 0 aliphatic heterocycles. The lowest BCUT2D eigenvalue weighted by Crippen LogP contribution is -2.12. The first-order valence-electron chi connectivity index (χ1n) is 4.44. The zero-order valence-corrected chi connectivity index (χ0v) is 8.71. The number of rotatable bonds is 3. The first-order valence-corrected chi connectivity index (χ1v) is 5.55. The van der Waals surface area contributed by atoms with E-state index in [1.165, 1.54) is 0 Å². The third-order valence-corrected chi connectivity index (χ3v) is 3.97. The molecule has 14 heavy (non-hydrogen) atoms. The van der Waals surface area contributed by atoms with Crippen LogP contribution in [0, 0.1) is 0 Å². The maximum absolute atomic E-state index is 11.1. The van der Waals surface area contributed by atoms with Gasteiger partial charge in [0, 0.05) is 0 Å². The average molecular weight is 212 g/mol. The van der Waals surface area contributed by atoms with Crippen molar-refractivity contribution in [2.75, 3.05) is 7.11 Å². The topological polar surface area (TPSA) is 46.5 Å². The lowest BCUT2D eigenvalue weighted by Gasteiger charge is -2.11. The van der Waals surface area contributed by atoms with E-state index >= 15 is 0 Å². The molecule has 2 rings (SSSR count). The largest absolute Gasteiger partial charge is 0.497 e. The van der Waals surface area contributed by atoms with E-state index in [1.54, 1.807) is 7.11 Å². The molecule has 0 saturated heterocycles. The van der Waals surface area contributed by atoms with E-state index in [9.17, 15) is 4.21 Å². The van der Waals surface area contributed by atoms with Crippen molar-refractivity contribution in [1.82, 2.24) is 0 Å². The number of hydrogen-bond acceptors (Lipinski definition) is 2. The van der Waals surface area contributed by atoms with Crippen LogP contribution >= 0.6 is 0 Å². The number of ether oxygens (including phenoxy) is 1. The lowest BCUT2D eigenvalue weighted by molar-refractivity contribution is 0.414. The van der Waals surface area contributed by atoms with Gasteiger partial charge in [0.2, 0.25) is 0 Å². The Bertz CT molecular complexity index is 354. The molecule has 0 bridgehead atoms. The number of benzene rings is 1. The van der Waals surface area contributed by atoms with Crippen molar-refractivity contribution < 1.29 is 13.5 Å². The van der Waals surface area contributed by atoms with Gasteiger partial charge in [0.05, 0.1) is 11.9 Å². The fraction of sp³-hybridized carbons (Fsp3) is 0.400. The molecule has 1 aromatic rings. The van der Waals surface area contributed by atoms with Crippen LogP contribution in [0.3, 0.4) is 0 Å². The molecule has 0 aromatic heterocycles. The average Bonchev–Trinajstić information content (AvgIpc) is 2.99. The van der Waals surface area contributed by atoms with E-state index in [1.807, 2.05) is 24.3 Å². The summed E-state index contributed by atoms with van der Waals surface area (Å²) in [5, 5.41) is 0. The molecule has 3 nitrogen and oxygen atoms in total. The minimum atomic E-state index is -1.77. The summed E-state index contributed by atoms with van der Waals surface area (Å²) in [5.74, 6) is 0.772. The van der Waals surface area contributed by atoms with Gasteiger partial charge in [0.25, 0.3) is 0 Å². The monoisotopic (exact) mass is 212 g/mol. The Kier molecular flexibility index (Phi) is 2.33. The quantitative estimate of drug-likeness (QED) is 0.778. The summed E-state index contributed by atoms with van der Waals surface area (Å²) in [4.78, 5) is 0. The summed E-state index contributed by atoms with van der Waals surface area (Å²) < 4.78 is 24.8. The minimum absolute atomic E-state index is 0.494. The predicted molar refractivity (Wildman–Crippen MR) is 54.7 cm³/mol. The fourth-order valence-corrected chi connectivity index (χ4v) is 2.36. The van der Waals surface area contributed by atoms with Crippen LogP contribution in [0.25, 0.3) is 0 Å². The van der Waals surface area contributed by atoms with E-state index in [-0.39, 0.29) is 0 Å². The third kappa shape index (κ3) is 1.44. The summed E-state index contributed by atoms with van der Waals surface area (Å²) in [6, 6.07) is 7.37. The Hall–Kier alpha value is -0.870. The van der Waals surface area contributed by atoms with E-state index < -0.39 is 15.8 Å². The van der Waals surface area contributed by atoms with Crippen LogP contribution in [0.2, 0.25) is 0 Å². The molecule has 0 spiro atoms. The zero-order chi connectivity index (χ0) is 10.2. The normalized spacial score (nSPS) is 20.1. The van der Waals surface area contributed by atoms with Gasteiger partial charge in [0.1, 0.15) is 5.75 Å². The second-order valence-corrected chi connectivity index (χ2v) is 4.75. The molecule has 0 amide bonds. The molecule has 1 aromatic carbocycles. The van der Waals surface area contributed by atoms with Crippen molar-refractivity contribution in [3.63, 3.8) is 0 Å². The third-order valence-electron chi connectivity index (χ3n) is 2.65. The lowest BCUT2D eigenvalue weighted by atomic mass is 10.1. The van der Waals surface area contributed by atoms with Crippen LogP contribution < -0.4 is 4.74 Å². The highest BCUT2D eigenvalue weighted by molar-refractivity contribution is 7.80. The first-order chi connectivity index (χ1) is 6.69. The summed E-state index contributed by atoms with van der Waals surface area (Å²) in [7, 11) is 1.60. The summed E-state index contributed by atoms with van der Waals surface area (Å²) in [6.07, 6.45) is 1.59. The molecule has 76 valence electrons. The molecular weight excluding hydrogens is 200 g/mol.